The first kappa shape index (κ1) is 112. The van der Waals surface area contributed by atoms with Gasteiger partial charge in [-0.25, -0.2) is 18.4 Å². The molecule has 3 aromatic heterocycles. The van der Waals surface area contributed by atoms with Gasteiger partial charge in [-0.2, -0.15) is 5.10 Å². The van der Waals surface area contributed by atoms with Gasteiger partial charge >= 0.3 is 159 Å². The normalized spacial score (nSPS) is 20.8. The number of fused-ring (bicyclic) bond motifs is 1. The molecule has 30 nitrogen and oxygen atoms in total. The number of carbonyl (C=O) groups excluding carboxylic acids is 1. The van der Waals surface area contributed by atoms with Crippen molar-refractivity contribution in [3.8, 4) is 57.1 Å². The fraction of sp³-hybridized carbons (Fsp3) is 0.535. The number of aliphatic hydroxyl groups is 1. The molecule has 126 heavy (non-hydrogen) atoms. The fourth-order valence-corrected chi connectivity index (χ4v) is 15.1. The summed E-state index contributed by atoms with van der Waals surface area (Å²) in [5.74, 6) is 6.82. The molecule has 8 aliphatic heterocycles. The van der Waals surface area contributed by atoms with E-state index in [0.717, 1.165) is 152 Å². The molecule has 5 atom stereocenters. The van der Waals surface area contributed by atoms with Crippen molar-refractivity contribution >= 4 is 118 Å². The van der Waals surface area contributed by atoms with Crippen LogP contribution in [0.5, 0.6) is 46.0 Å². The molecule has 0 radical (unpaired) electrons. The molecule has 0 aliphatic carbocycles. The van der Waals surface area contributed by atoms with Crippen LogP contribution in [0.1, 0.15) is 134 Å². The third-order valence-corrected chi connectivity index (χ3v) is 25.4. The maximum atomic E-state index is 10.7. The Morgan fingerprint density at radius 2 is 1.02 bits per heavy atom. The molecular formula is C86H119B3Br2ClCs2N5O25S2. The molecule has 0 unspecified atom stereocenters. The number of carbonyl (C=O) groups is 1. The number of aromatic nitrogens is 4. The molecular weight excluding hydrogens is 2060 g/mol. The molecule has 0 spiro atoms. The predicted octanol–water partition coefficient (Wildman–Crippen LogP) is 8.81. The first-order valence-electron chi connectivity index (χ1n) is 40.7. The van der Waals surface area contributed by atoms with E-state index in [2.05, 4.69) is 66.0 Å². The summed E-state index contributed by atoms with van der Waals surface area (Å²) in [5, 5.41) is 33.4. The second-order valence-corrected chi connectivity index (χ2v) is 38.5. The smallest absolute Gasteiger partial charge is 1.00 e. The van der Waals surface area contributed by atoms with Gasteiger partial charge in [-0.1, -0.05) is 30.7 Å². The van der Waals surface area contributed by atoms with Gasteiger partial charge in [-0.15, -0.1) is 11.3 Å². The fourth-order valence-electron chi connectivity index (χ4n) is 12.5. The molecule has 0 bridgehead atoms. The van der Waals surface area contributed by atoms with Gasteiger partial charge in [0.05, 0.1) is 157 Å². The molecule has 0 amide bonds. The van der Waals surface area contributed by atoms with Crippen molar-refractivity contribution in [3.05, 3.63) is 135 Å². The first-order chi connectivity index (χ1) is 58.5. The van der Waals surface area contributed by atoms with E-state index in [1.807, 2.05) is 164 Å². The summed E-state index contributed by atoms with van der Waals surface area (Å²) >= 11 is 8.32. The number of methoxy groups -OCH3 is 4. The van der Waals surface area contributed by atoms with Gasteiger partial charge in [0.1, 0.15) is 64.3 Å². The topological polar surface area (TPSA) is 346 Å². The zero-order valence-corrected chi connectivity index (χ0v) is 94.4. The number of benzene rings is 5. The van der Waals surface area contributed by atoms with Crippen molar-refractivity contribution in [3.63, 3.8) is 0 Å². The van der Waals surface area contributed by atoms with Crippen LogP contribution in [0.3, 0.4) is 0 Å². The number of halogens is 3. The number of nitrogens with zero attached hydrogens (tertiary/aromatic N) is 4. The largest absolute Gasteiger partial charge is 1.00 e. The van der Waals surface area contributed by atoms with E-state index in [4.69, 9.17) is 121 Å². The number of aromatic hydroxyl groups is 1. The molecule has 8 aromatic rings. The van der Waals surface area contributed by atoms with Crippen molar-refractivity contribution in [2.75, 3.05) is 99.8 Å². The van der Waals surface area contributed by atoms with Gasteiger partial charge in [0, 0.05) is 109 Å². The van der Waals surface area contributed by atoms with E-state index in [0.29, 0.717) is 43.9 Å². The number of hydrogen-bond donors (Lipinski definition) is 3. The quantitative estimate of drug-likeness (QED) is 0.0252. The summed E-state index contributed by atoms with van der Waals surface area (Å²) in [4.78, 5) is 21.8. The second kappa shape index (κ2) is 52.2. The Morgan fingerprint density at radius 3 is 1.40 bits per heavy atom. The summed E-state index contributed by atoms with van der Waals surface area (Å²) in [6, 6.07) is 28.7. The Kier molecular flexibility index (Phi) is 46.3. The van der Waals surface area contributed by atoms with Crippen LogP contribution in [0.2, 0.25) is 0 Å². The van der Waals surface area contributed by atoms with Crippen LogP contribution < -0.4 is 187 Å². The number of aryl methyl sites for hydroxylation is 3. The number of thiophene rings is 1. The van der Waals surface area contributed by atoms with Crippen LogP contribution in [-0.2, 0) is 77.4 Å². The molecule has 16 rings (SSSR count). The van der Waals surface area contributed by atoms with E-state index >= 15 is 0 Å². The number of aliphatic hydroxyl groups excluding tert-OH is 1. The molecule has 8 saturated heterocycles. The summed E-state index contributed by atoms with van der Waals surface area (Å²) in [7, 11) is 8.53. The minimum atomic E-state index is -3.55. The van der Waals surface area contributed by atoms with Gasteiger partial charge in [0.15, 0.2) is 0 Å². The zero-order valence-electron chi connectivity index (χ0n) is 77.3. The van der Waals surface area contributed by atoms with Crippen molar-refractivity contribution in [2.24, 2.45) is 13.0 Å². The number of nitrogens with one attached hydrogen (secondary N) is 1. The Morgan fingerprint density at radius 1 is 0.587 bits per heavy atom. The SMILES string of the molecule is CC1(C)OB(B2OC(C)(C)C(C)(C)O2)OC1(C)C.COc1cc(O)ccc1Br.COc1cc(O[C@H]2CCOC2)ccc1-c1c(C)sc2cnc(Nc3cnn(C)c3)nc12.COc1cc(O[C@H]2CCOC2)ccc1B1OC(C)(C)C(C)(C)O1.COc1cc(O[C@H]2CCOC2)ccc1Br.C[C@@H]1CCOC1.Cc1ccc(S(=O)(=O)Cl)cc1.O=CO[O-].O[C@@H]1CCOC1.[Cs+].[Cs+].[H-]. The van der Waals surface area contributed by atoms with Gasteiger partial charge in [0.25, 0.3) is 15.5 Å². The van der Waals surface area contributed by atoms with Crippen molar-refractivity contribution in [1.29, 1.82) is 0 Å². The van der Waals surface area contributed by atoms with Crippen LogP contribution in [0, 0.1) is 19.8 Å². The van der Waals surface area contributed by atoms with Crippen LogP contribution in [0.25, 0.3) is 21.3 Å². The average molecular weight is 2180 g/mol. The summed E-state index contributed by atoms with van der Waals surface area (Å²) in [5.41, 5.74) is 3.44. The molecule has 11 heterocycles. The van der Waals surface area contributed by atoms with Crippen molar-refractivity contribution in [1.82, 2.24) is 19.7 Å². The minimum Gasteiger partial charge on any atom is -1.00 e. The number of phenolic OH excluding ortho intramolecular Hbond substituents is 1. The third-order valence-electron chi connectivity index (χ3n) is 21.7. The monoisotopic (exact) mass is 2180 g/mol. The van der Waals surface area contributed by atoms with E-state index in [-0.39, 0.29) is 214 Å². The van der Waals surface area contributed by atoms with Crippen LogP contribution in [0.4, 0.5) is 11.6 Å². The maximum absolute atomic E-state index is 10.7. The number of anilines is 2. The Balaban J connectivity index is 0.000000268. The van der Waals surface area contributed by atoms with E-state index in [1.165, 1.54) is 18.6 Å². The predicted molar refractivity (Wildman–Crippen MR) is 483 cm³/mol. The molecule has 8 aliphatic rings. The number of ether oxygens (including phenoxy) is 12. The standard InChI is InChI=1S/C22H23N5O3S.C17H25BO5.C12H24B2O4.C11H13BrO3.C7H7BrO2.C7H7ClO2S.C5H10O.C4H8O2.CH2O3.2Cs.H/c1-13-20(17-5-4-15(8-18(17)28-3)30-16-6-7-29-12-16)21-19(31-13)10-23-22(26-21)25-14-9-24-27(2)11-14;1-16(2)17(3,4)23-18(22-16)14-7-6-12(10-15(14)19-5)21-13-8-9-20-11-13;1-9(2)10(3,4)16-13(15-9)14-17-11(5,6)12(7,8)18-14;1-13-11-6-8(2-3-10(11)12)15-9-4-5-14-7-9;1-10-7-4-5(9)2-3-6(7)8;1-6-2-4-7(5-3-6)11(8,9)10;1-5-2-3-6-4-5;5-4-1-2-6-3-4;2-1-4-3;;;/h4-5,8-11,16H,6-7,12H2,1-3H3,(H,23,25,26);6-7,10,13H,8-9,11H2,1-5H3;1-8H3;2-3,6,9H,4-5,7H2,1H3;2-4,9H,1H3;2-5H,1H3;5H,2-4H2,1H3;4-5H,1-3H2;1,3H;;;/q;;;;;;;;;2*+1;-1/p-1/t16-;13-;;9-;;;5-;4-;;;;/m00.0..11..../s1. The van der Waals surface area contributed by atoms with Gasteiger partial charge in [-0.05, 0) is 202 Å². The molecule has 682 valence electrons. The Hall–Kier alpha value is -3.00. The summed E-state index contributed by atoms with van der Waals surface area (Å²) < 4.78 is 127. The van der Waals surface area contributed by atoms with Crippen molar-refractivity contribution < 1.29 is 258 Å². The molecule has 3 N–H and O–H groups in total. The minimum absolute atomic E-state index is 0. The Labute approximate surface area is 886 Å². The van der Waals surface area contributed by atoms with E-state index in [9.17, 15) is 8.42 Å². The van der Waals surface area contributed by atoms with Crippen molar-refractivity contribution in [2.45, 2.75) is 199 Å². The van der Waals surface area contributed by atoms with E-state index in [1.54, 1.807) is 81.0 Å². The van der Waals surface area contributed by atoms with E-state index < -0.39 is 30.2 Å². The number of phenols is 1. The molecule has 8 fully saturated rings. The zero-order chi connectivity index (χ0) is 91.0. The van der Waals surface area contributed by atoms with Gasteiger partial charge in [-0.3, -0.25) is 9.48 Å². The number of rotatable bonds is 17. The van der Waals surface area contributed by atoms with Gasteiger partial charge < -0.3 is 112 Å². The van der Waals surface area contributed by atoms with Crippen LogP contribution in [0.15, 0.2) is 129 Å². The maximum Gasteiger partial charge on any atom is 1.00 e. The molecule has 5 aromatic carbocycles. The average Bonchev–Trinajstić information content (AvgIpc) is 1.58. The van der Waals surface area contributed by atoms with Crippen LogP contribution >= 0.6 is 53.9 Å². The first-order valence-corrected chi connectivity index (χ1v) is 45.4. The number of hydrogen-bond acceptors (Lipinski definition) is 30. The summed E-state index contributed by atoms with van der Waals surface area (Å²) in [6.07, 6.45) is 10.5. The summed E-state index contributed by atoms with van der Waals surface area (Å²) in [6.45, 7) is 37.9. The Bertz CT molecular complexity index is 4700. The third kappa shape index (κ3) is 33.5. The van der Waals surface area contributed by atoms with Gasteiger partial charge in [0.2, 0.25) is 5.95 Å². The van der Waals surface area contributed by atoms with Crippen LogP contribution in [-0.4, -0.2) is 219 Å². The second-order valence-electron chi connectivity index (χ2n) is 32.9. The molecule has 0 saturated carbocycles. The molecule has 40 heteroatoms.